The van der Waals surface area contributed by atoms with Crippen molar-refractivity contribution >= 4 is 45.6 Å². The Bertz CT molecular complexity index is 938. The van der Waals surface area contributed by atoms with Crippen LogP contribution < -0.4 is 5.32 Å². The molecular formula is C17H17N5OS2. The molecule has 0 aliphatic heterocycles. The molecule has 0 saturated heterocycles. The summed E-state index contributed by atoms with van der Waals surface area (Å²) in [5.74, 6) is 0.665. The number of fused-ring (bicyclic) bond motifs is 1. The molecule has 3 aromatic heterocycles. The molecule has 3 heterocycles. The van der Waals surface area contributed by atoms with Gasteiger partial charge in [-0.1, -0.05) is 0 Å². The summed E-state index contributed by atoms with van der Waals surface area (Å²) >= 11 is 6.93. The Morgan fingerprint density at radius 2 is 2.24 bits per heavy atom. The van der Waals surface area contributed by atoms with E-state index in [1.807, 2.05) is 30.6 Å². The number of rotatable bonds is 4. The molecule has 6 nitrogen and oxygen atoms in total. The molecule has 0 radical (unpaired) electrons. The molecular weight excluding hydrogens is 354 g/mol. The van der Waals surface area contributed by atoms with Crippen LogP contribution in [-0.4, -0.2) is 43.2 Å². The van der Waals surface area contributed by atoms with Gasteiger partial charge in [0.15, 0.2) is 10.8 Å². The molecule has 1 fully saturated rings. The molecule has 0 bridgehead atoms. The van der Waals surface area contributed by atoms with Crippen LogP contribution in [0.15, 0.2) is 29.8 Å². The van der Waals surface area contributed by atoms with Gasteiger partial charge in [0.25, 0.3) is 0 Å². The standard InChI is InChI=1S/C17H17N5OS2/c1-22(11-2-3-11)17(24)21-15-5-4-13-16(20-15)19-14(7-18-13)10-6-12(8-23)25-9-10/h4-7,9,11,23H,2-3,8H2,1H3,(H,19,20,21,24). The summed E-state index contributed by atoms with van der Waals surface area (Å²) < 4.78 is 0. The number of anilines is 1. The summed E-state index contributed by atoms with van der Waals surface area (Å²) in [7, 11) is 2.00. The molecule has 0 aromatic carbocycles. The highest BCUT2D eigenvalue weighted by Crippen LogP contribution is 2.27. The largest absolute Gasteiger partial charge is 0.391 e. The van der Waals surface area contributed by atoms with E-state index in [2.05, 4.69) is 25.2 Å². The van der Waals surface area contributed by atoms with Gasteiger partial charge in [-0.05, 0) is 43.3 Å². The summed E-state index contributed by atoms with van der Waals surface area (Å²) in [6.07, 6.45) is 4.11. The van der Waals surface area contributed by atoms with E-state index in [0.29, 0.717) is 22.6 Å². The summed E-state index contributed by atoms with van der Waals surface area (Å²) in [5, 5.41) is 15.0. The van der Waals surface area contributed by atoms with Crippen molar-refractivity contribution in [1.82, 2.24) is 19.9 Å². The van der Waals surface area contributed by atoms with Crippen LogP contribution in [-0.2, 0) is 6.61 Å². The van der Waals surface area contributed by atoms with Crippen LogP contribution in [0.5, 0.6) is 0 Å². The second-order valence-electron chi connectivity index (χ2n) is 6.03. The van der Waals surface area contributed by atoms with E-state index >= 15 is 0 Å². The Balaban J connectivity index is 1.61. The van der Waals surface area contributed by atoms with Crippen molar-refractivity contribution in [2.75, 3.05) is 12.4 Å². The van der Waals surface area contributed by atoms with E-state index < -0.39 is 0 Å². The number of aliphatic hydroxyl groups excluding tert-OH is 1. The Morgan fingerprint density at radius 3 is 2.96 bits per heavy atom. The van der Waals surface area contributed by atoms with E-state index in [9.17, 15) is 5.11 Å². The van der Waals surface area contributed by atoms with Crippen LogP contribution in [0.2, 0.25) is 0 Å². The van der Waals surface area contributed by atoms with Crippen LogP contribution in [0, 0.1) is 0 Å². The van der Waals surface area contributed by atoms with Gasteiger partial charge in [-0.25, -0.2) is 9.97 Å². The Labute approximate surface area is 154 Å². The zero-order chi connectivity index (χ0) is 17.4. The van der Waals surface area contributed by atoms with Crippen LogP contribution in [0.1, 0.15) is 17.7 Å². The molecule has 0 amide bonds. The smallest absolute Gasteiger partial charge is 0.180 e. The molecule has 128 valence electrons. The molecule has 0 unspecified atom stereocenters. The Hall–Kier alpha value is -2.16. The lowest BCUT2D eigenvalue weighted by molar-refractivity contribution is 0.285. The molecule has 4 rings (SSSR count). The van der Waals surface area contributed by atoms with Crippen molar-refractivity contribution in [2.24, 2.45) is 0 Å². The van der Waals surface area contributed by atoms with Gasteiger partial charge in [-0.15, -0.1) is 11.3 Å². The van der Waals surface area contributed by atoms with Gasteiger partial charge in [0.05, 0.1) is 18.5 Å². The molecule has 1 saturated carbocycles. The normalized spacial score (nSPS) is 13.8. The zero-order valence-electron chi connectivity index (χ0n) is 13.6. The van der Waals surface area contributed by atoms with Gasteiger partial charge in [-0.2, -0.15) is 0 Å². The van der Waals surface area contributed by atoms with Crippen LogP contribution in [0.25, 0.3) is 22.4 Å². The van der Waals surface area contributed by atoms with Gasteiger partial charge in [-0.3, -0.25) is 4.98 Å². The molecule has 1 aliphatic carbocycles. The first kappa shape index (κ1) is 16.3. The maximum atomic E-state index is 9.22. The predicted octanol–water partition coefficient (Wildman–Crippen LogP) is 3.04. The monoisotopic (exact) mass is 371 g/mol. The highest BCUT2D eigenvalue weighted by Gasteiger charge is 2.27. The third kappa shape index (κ3) is 3.46. The van der Waals surface area contributed by atoms with E-state index in [4.69, 9.17) is 12.2 Å². The van der Waals surface area contributed by atoms with E-state index in [1.165, 1.54) is 24.2 Å². The van der Waals surface area contributed by atoms with Crippen molar-refractivity contribution in [1.29, 1.82) is 0 Å². The molecule has 1 aliphatic rings. The highest BCUT2D eigenvalue weighted by atomic mass is 32.1. The molecule has 2 N–H and O–H groups in total. The minimum absolute atomic E-state index is 0.0317. The number of thiocarbonyl (C=S) groups is 1. The van der Waals surface area contributed by atoms with Crippen molar-refractivity contribution < 1.29 is 5.11 Å². The fourth-order valence-electron chi connectivity index (χ4n) is 2.53. The zero-order valence-corrected chi connectivity index (χ0v) is 15.3. The third-order valence-corrected chi connectivity index (χ3v) is 5.47. The minimum atomic E-state index is 0.0317. The van der Waals surface area contributed by atoms with Crippen LogP contribution >= 0.6 is 23.6 Å². The van der Waals surface area contributed by atoms with Crippen molar-refractivity contribution in [2.45, 2.75) is 25.5 Å². The first-order valence-electron chi connectivity index (χ1n) is 8.00. The highest BCUT2D eigenvalue weighted by molar-refractivity contribution is 7.80. The quantitative estimate of drug-likeness (QED) is 0.683. The molecule has 8 heteroatoms. The number of hydrogen-bond donors (Lipinski definition) is 2. The SMILES string of the molecule is CN(C(=S)Nc1ccc2ncc(-c3csc(CO)c3)nc2n1)C1CC1. The molecule has 3 aromatic rings. The minimum Gasteiger partial charge on any atom is -0.391 e. The number of nitrogens with zero attached hydrogens (tertiary/aromatic N) is 4. The lowest BCUT2D eigenvalue weighted by Gasteiger charge is -2.19. The maximum absolute atomic E-state index is 9.22. The summed E-state index contributed by atoms with van der Waals surface area (Å²) in [6, 6.07) is 6.21. The maximum Gasteiger partial charge on any atom is 0.180 e. The summed E-state index contributed by atoms with van der Waals surface area (Å²) in [4.78, 5) is 16.6. The molecule has 0 spiro atoms. The average Bonchev–Trinajstić information content (AvgIpc) is 3.37. The van der Waals surface area contributed by atoms with Gasteiger partial charge in [0.1, 0.15) is 11.3 Å². The van der Waals surface area contributed by atoms with E-state index in [1.54, 1.807) is 6.20 Å². The number of aromatic nitrogens is 3. The van der Waals surface area contributed by atoms with E-state index in [-0.39, 0.29) is 6.61 Å². The number of thiophene rings is 1. The lowest BCUT2D eigenvalue weighted by atomic mass is 10.2. The Morgan fingerprint density at radius 1 is 1.40 bits per heavy atom. The summed E-state index contributed by atoms with van der Waals surface area (Å²) in [6.45, 7) is 0.0317. The number of pyridine rings is 1. The predicted molar refractivity (Wildman–Crippen MR) is 104 cm³/mol. The van der Waals surface area contributed by atoms with Crippen LogP contribution in [0.4, 0.5) is 5.82 Å². The fraction of sp³-hybridized carbons (Fsp3) is 0.294. The number of nitrogens with one attached hydrogen (secondary N) is 1. The Kier molecular flexibility index (Phi) is 4.32. The fourth-order valence-corrected chi connectivity index (χ4v) is 3.52. The topological polar surface area (TPSA) is 74.2 Å². The third-order valence-electron chi connectivity index (χ3n) is 4.16. The first-order chi connectivity index (χ1) is 12.1. The first-order valence-corrected chi connectivity index (χ1v) is 9.29. The second-order valence-corrected chi connectivity index (χ2v) is 7.41. The number of hydrogen-bond acceptors (Lipinski definition) is 6. The average molecular weight is 371 g/mol. The van der Waals surface area contributed by atoms with Crippen molar-refractivity contribution in [3.63, 3.8) is 0 Å². The molecule has 25 heavy (non-hydrogen) atoms. The van der Waals surface area contributed by atoms with Crippen molar-refractivity contribution in [3.8, 4) is 11.3 Å². The van der Waals surface area contributed by atoms with Gasteiger partial charge >= 0.3 is 0 Å². The second kappa shape index (κ2) is 6.62. The van der Waals surface area contributed by atoms with Crippen LogP contribution in [0.3, 0.4) is 0 Å². The van der Waals surface area contributed by atoms with E-state index in [0.717, 1.165) is 21.7 Å². The lowest BCUT2D eigenvalue weighted by Crippen LogP contribution is -2.33. The van der Waals surface area contributed by atoms with Gasteiger partial charge in [0, 0.05) is 28.9 Å². The van der Waals surface area contributed by atoms with Crippen molar-refractivity contribution in [3.05, 3.63) is 34.7 Å². The number of aliphatic hydroxyl groups is 1. The molecule has 0 atom stereocenters. The van der Waals surface area contributed by atoms with Gasteiger partial charge in [0.2, 0.25) is 0 Å². The van der Waals surface area contributed by atoms with Gasteiger partial charge < -0.3 is 15.3 Å². The summed E-state index contributed by atoms with van der Waals surface area (Å²) in [5.41, 5.74) is 2.97.